The zero-order chi connectivity index (χ0) is 10.6. The highest BCUT2D eigenvalue weighted by Gasteiger charge is 2.12. The molecule has 1 rings (SSSR count). The first-order valence-corrected chi connectivity index (χ1v) is 4.95. The van der Waals surface area contributed by atoms with Gasteiger partial charge in [-0.1, -0.05) is 0 Å². The fraction of sp³-hybridized carbons (Fsp3) is 0.600. The monoisotopic (exact) mass is 198 g/mol. The number of aliphatic hydroxyl groups is 1. The summed E-state index contributed by atoms with van der Waals surface area (Å²) in [4.78, 5) is 2.08. The highest BCUT2D eigenvalue weighted by Crippen LogP contribution is 2.22. The van der Waals surface area contributed by atoms with E-state index in [1.165, 1.54) is 0 Å². The van der Waals surface area contributed by atoms with Crippen LogP contribution in [0.1, 0.15) is 25.7 Å². The Bertz CT molecular complexity index is 269. The van der Waals surface area contributed by atoms with E-state index in [1.807, 2.05) is 6.07 Å². The van der Waals surface area contributed by atoms with E-state index in [-0.39, 0.29) is 6.54 Å². The van der Waals surface area contributed by atoms with E-state index in [9.17, 15) is 5.11 Å². The highest BCUT2D eigenvalue weighted by molar-refractivity contribution is 5.36. The number of aliphatic hydroxyl groups excluding tert-OH is 1. The van der Waals surface area contributed by atoms with Gasteiger partial charge in [0.15, 0.2) is 5.88 Å². The molecule has 1 atom stereocenters. The number of anilines is 1. The standard InChI is InChI=1S/C10H18N2O2/c1-3-12(4-2)10-6-5-9(14-10)8(13)7-11/h5-6,8,13H,3-4,7,11H2,1-2H3. The van der Waals surface area contributed by atoms with E-state index in [1.54, 1.807) is 6.07 Å². The van der Waals surface area contributed by atoms with Crippen LogP contribution in [0.5, 0.6) is 0 Å². The largest absolute Gasteiger partial charge is 0.443 e. The van der Waals surface area contributed by atoms with E-state index < -0.39 is 6.10 Å². The summed E-state index contributed by atoms with van der Waals surface area (Å²) in [6.45, 7) is 6.09. The van der Waals surface area contributed by atoms with Crippen molar-refractivity contribution < 1.29 is 9.52 Å². The van der Waals surface area contributed by atoms with E-state index in [0.717, 1.165) is 19.0 Å². The molecule has 0 fully saturated rings. The van der Waals surface area contributed by atoms with Crippen molar-refractivity contribution in [1.82, 2.24) is 0 Å². The Morgan fingerprint density at radius 1 is 1.43 bits per heavy atom. The van der Waals surface area contributed by atoms with Gasteiger partial charge in [-0.25, -0.2) is 0 Å². The second kappa shape index (κ2) is 5.02. The molecule has 4 heteroatoms. The first kappa shape index (κ1) is 11.1. The maximum Gasteiger partial charge on any atom is 0.195 e. The minimum absolute atomic E-state index is 0.186. The SMILES string of the molecule is CCN(CC)c1ccc(C(O)CN)o1. The molecule has 0 radical (unpaired) electrons. The predicted octanol–water partition coefficient (Wildman–Crippen LogP) is 1.12. The topological polar surface area (TPSA) is 62.6 Å². The predicted molar refractivity (Wildman–Crippen MR) is 56.3 cm³/mol. The van der Waals surface area contributed by atoms with Gasteiger partial charge < -0.3 is 20.2 Å². The Morgan fingerprint density at radius 2 is 2.07 bits per heavy atom. The quantitative estimate of drug-likeness (QED) is 0.744. The smallest absolute Gasteiger partial charge is 0.195 e. The van der Waals surface area contributed by atoms with Gasteiger partial charge in [0.05, 0.1) is 0 Å². The summed E-state index contributed by atoms with van der Waals surface area (Å²) in [6, 6.07) is 3.63. The summed E-state index contributed by atoms with van der Waals surface area (Å²) < 4.78 is 5.48. The van der Waals surface area contributed by atoms with Gasteiger partial charge in [0.1, 0.15) is 11.9 Å². The number of rotatable bonds is 5. The second-order valence-corrected chi connectivity index (χ2v) is 3.10. The Labute approximate surface area is 84.3 Å². The molecule has 1 aromatic rings. The number of furan rings is 1. The van der Waals surface area contributed by atoms with Crippen molar-refractivity contribution >= 4 is 5.88 Å². The Balaban J connectivity index is 2.76. The average Bonchev–Trinajstić information content (AvgIpc) is 2.68. The fourth-order valence-electron chi connectivity index (χ4n) is 1.34. The van der Waals surface area contributed by atoms with Crippen LogP contribution in [0, 0.1) is 0 Å². The zero-order valence-corrected chi connectivity index (χ0v) is 8.73. The fourth-order valence-corrected chi connectivity index (χ4v) is 1.34. The van der Waals surface area contributed by atoms with Gasteiger partial charge >= 0.3 is 0 Å². The van der Waals surface area contributed by atoms with Crippen molar-refractivity contribution in [2.75, 3.05) is 24.5 Å². The summed E-state index contributed by atoms with van der Waals surface area (Å²) in [7, 11) is 0. The highest BCUT2D eigenvalue weighted by atomic mass is 16.4. The van der Waals surface area contributed by atoms with E-state index in [2.05, 4.69) is 18.7 Å². The molecule has 0 amide bonds. The molecule has 0 aromatic carbocycles. The van der Waals surface area contributed by atoms with Crippen LogP contribution in [0.4, 0.5) is 5.88 Å². The summed E-state index contributed by atoms with van der Waals surface area (Å²) >= 11 is 0. The van der Waals surface area contributed by atoms with Crippen molar-refractivity contribution in [3.8, 4) is 0 Å². The lowest BCUT2D eigenvalue weighted by Crippen LogP contribution is -2.21. The molecule has 1 aromatic heterocycles. The molecule has 80 valence electrons. The molecule has 1 unspecified atom stereocenters. The number of hydrogen-bond donors (Lipinski definition) is 2. The van der Waals surface area contributed by atoms with Gasteiger partial charge in [-0.05, 0) is 19.9 Å². The van der Waals surface area contributed by atoms with Crippen molar-refractivity contribution in [2.24, 2.45) is 5.73 Å². The summed E-state index contributed by atoms with van der Waals surface area (Å²) in [6.07, 6.45) is -0.695. The lowest BCUT2D eigenvalue weighted by atomic mass is 10.3. The molecule has 0 aliphatic rings. The van der Waals surface area contributed by atoms with E-state index in [0.29, 0.717) is 5.76 Å². The van der Waals surface area contributed by atoms with Gasteiger partial charge in [-0.15, -0.1) is 0 Å². The normalized spacial score (nSPS) is 12.9. The third-order valence-corrected chi connectivity index (χ3v) is 2.24. The van der Waals surface area contributed by atoms with Gasteiger partial charge in [0.25, 0.3) is 0 Å². The molecular formula is C10H18N2O2. The number of hydrogen-bond acceptors (Lipinski definition) is 4. The minimum atomic E-state index is -0.695. The van der Waals surface area contributed by atoms with Crippen LogP contribution < -0.4 is 10.6 Å². The molecule has 0 aliphatic carbocycles. The lowest BCUT2D eigenvalue weighted by Gasteiger charge is -2.17. The average molecular weight is 198 g/mol. The maximum atomic E-state index is 9.43. The lowest BCUT2D eigenvalue weighted by molar-refractivity contribution is 0.158. The first-order valence-electron chi connectivity index (χ1n) is 4.95. The molecule has 4 nitrogen and oxygen atoms in total. The van der Waals surface area contributed by atoms with E-state index >= 15 is 0 Å². The molecule has 0 saturated heterocycles. The van der Waals surface area contributed by atoms with Crippen LogP contribution in [0.15, 0.2) is 16.5 Å². The molecule has 0 aliphatic heterocycles. The molecule has 0 spiro atoms. The van der Waals surface area contributed by atoms with Crippen molar-refractivity contribution in [2.45, 2.75) is 20.0 Å². The van der Waals surface area contributed by atoms with Gasteiger partial charge in [0.2, 0.25) is 0 Å². The van der Waals surface area contributed by atoms with Gasteiger partial charge in [-0.3, -0.25) is 0 Å². The van der Waals surface area contributed by atoms with Crippen LogP contribution >= 0.6 is 0 Å². The van der Waals surface area contributed by atoms with Crippen LogP contribution in [-0.2, 0) is 0 Å². The minimum Gasteiger partial charge on any atom is -0.443 e. The molecule has 14 heavy (non-hydrogen) atoms. The first-order chi connectivity index (χ1) is 6.72. The Kier molecular flexibility index (Phi) is 3.98. The number of nitrogens with two attached hydrogens (primary N) is 1. The zero-order valence-electron chi connectivity index (χ0n) is 8.73. The Hall–Kier alpha value is -1.00. The third-order valence-electron chi connectivity index (χ3n) is 2.24. The summed E-state index contributed by atoms with van der Waals surface area (Å²) in [5.41, 5.74) is 5.33. The maximum absolute atomic E-state index is 9.43. The van der Waals surface area contributed by atoms with Crippen molar-refractivity contribution in [3.63, 3.8) is 0 Å². The van der Waals surface area contributed by atoms with Crippen LogP contribution in [0.3, 0.4) is 0 Å². The molecular weight excluding hydrogens is 180 g/mol. The second-order valence-electron chi connectivity index (χ2n) is 3.10. The van der Waals surface area contributed by atoms with Crippen LogP contribution in [0.2, 0.25) is 0 Å². The molecule has 3 N–H and O–H groups in total. The van der Waals surface area contributed by atoms with Crippen molar-refractivity contribution in [1.29, 1.82) is 0 Å². The van der Waals surface area contributed by atoms with Gasteiger partial charge in [-0.2, -0.15) is 0 Å². The Morgan fingerprint density at radius 3 is 2.57 bits per heavy atom. The molecule has 0 bridgehead atoms. The molecule has 1 heterocycles. The van der Waals surface area contributed by atoms with Crippen LogP contribution in [0.25, 0.3) is 0 Å². The molecule has 0 saturated carbocycles. The third kappa shape index (κ3) is 2.27. The summed E-state index contributed by atoms with van der Waals surface area (Å²) in [5.74, 6) is 1.33. The number of nitrogens with zero attached hydrogens (tertiary/aromatic N) is 1. The summed E-state index contributed by atoms with van der Waals surface area (Å²) in [5, 5.41) is 9.43. The van der Waals surface area contributed by atoms with Crippen molar-refractivity contribution in [3.05, 3.63) is 17.9 Å². The van der Waals surface area contributed by atoms with E-state index in [4.69, 9.17) is 10.2 Å². The van der Waals surface area contributed by atoms with Gasteiger partial charge in [0, 0.05) is 25.7 Å². The van der Waals surface area contributed by atoms with Crippen LogP contribution in [-0.4, -0.2) is 24.7 Å².